The Balaban J connectivity index is 1.56. The molecular formula is C24H27N3O4S. The van der Waals surface area contributed by atoms with Crippen molar-refractivity contribution in [2.45, 2.75) is 30.7 Å². The maximum atomic E-state index is 12.6. The van der Waals surface area contributed by atoms with E-state index >= 15 is 0 Å². The van der Waals surface area contributed by atoms with Gasteiger partial charge in [-0.3, -0.25) is 9.59 Å². The molecule has 3 aromatic rings. The average molecular weight is 454 g/mol. The number of benzene rings is 2. The van der Waals surface area contributed by atoms with E-state index in [9.17, 15) is 9.59 Å². The minimum absolute atomic E-state index is 0.0130. The second-order valence-electron chi connectivity index (χ2n) is 7.16. The van der Waals surface area contributed by atoms with Crippen molar-refractivity contribution in [1.29, 1.82) is 0 Å². The Morgan fingerprint density at radius 2 is 1.94 bits per heavy atom. The van der Waals surface area contributed by atoms with Crippen LogP contribution in [0.4, 0.5) is 0 Å². The first-order valence-corrected chi connectivity index (χ1v) is 11.2. The van der Waals surface area contributed by atoms with E-state index in [4.69, 9.17) is 9.47 Å². The number of nitrogens with zero attached hydrogens (tertiary/aromatic N) is 1. The number of carbonyl (C=O) groups is 1. The highest BCUT2D eigenvalue weighted by Gasteiger charge is 2.13. The summed E-state index contributed by atoms with van der Waals surface area (Å²) in [5.74, 6) is 2.00. The number of thioether (sulfide) groups is 1. The van der Waals surface area contributed by atoms with Gasteiger partial charge in [-0.25, -0.2) is 4.98 Å². The van der Waals surface area contributed by atoms with Crippen LogP contribution in [0.25, 0.3) is 0 Å². The minimum Gasteiger partial charge on any atom is -0.497 e. The highest BCUT2D eigenvalue weighted by Crippen LogP contribution is 2.22. The number of methoxy groups -OCH3 is 2. The van der Waals surface area contributed by atoms with Gasteiger partial charge in [-0.1, -0.05) is 42.1 Å². The van der Waals surface area contributed by atoms with Gasteiger partial charge in [-0.05, 0) is 42.7 Å². The zero-order valence-electron chi connectivity index (χ0n) is 18.4. The molecule has 0 unspecified atom stereocenters. The maximum Gasteiger partial charge on any atom is 0.255 e. The third kappa shape index (κ3) is 6.37. The van der Waals surface area contributed by atoms with Gasteiger partial charge in [-0.15, -0.1) is 0 Å². The van der Waals surface area contributed by atoms with Crippen molar-refractivity contribution in [3.05, 3.63) is 81.3 Å². The van der Waals surface area contributed by atoms with Gasteiger partial charge in [-0.2, -0.15) is 0 Å². The first-order chi connectivity index (χ1) is 15.5. The lowest BCUT2D eigenvalue weighted by molar-refractivity contribution is -0.120. The maximum absolute atomic E-state index is 12.6. The first-order valence-electron chi connectivity index (χ1n) is 10.2. The average Bonchev–Trinajstić information content (AvgIpc) is 2.80. The van der Waals surface area contributed by atoms with Gasteiger partial charge in [0.25, 0.3) is 5.56 Å². The van der Waals surface area contributed by atoms with Crippen LogP contribution in [0.1, 0.15) is 22.4 Å². The quantitative estimate of drug-likeness (QED) is 0.361. The van der Waals surface area contributed by atoms with E-state index in [2.05, 4.69) is 15.3 Å². The third-order valence-electron chi connectivity index (χ3n) is 4.96. The first kappa shape index (κ1) is 23.4. The van der Waals surface area contributed by atoms with Crippen LogP contribution < -0.4 is 20.3 Å². The fourth-order valence-electron chi connectivity index (χ4n) is 3.24. The summed E-state index contributed by atoms with van der Waals surface area (Å²) in [7, 11) is 3.25. The summed E-state index contributed by atoms with van der Waals surface area (Å²) in [6.45, 7) is 2.21. The van der Waals surface area contributed by atoms with Gasteiger partial charge in [0.15, 0.2) is 5.16 Å². The summed E-state index contributed by atoms with van der Waals surface area (Å²) in [6.07, 6.45) is 0.629. The summed E-state index contributed by atoms with van der Waals surface area (Å²) in [4.78, 5) is 32.2. The zero-order chi connectivity index (χ0) is 22.9. The summed E-state index contributed by atoms with van der Waals surface area (Å²) < 4.78 is 10.6. The molecule has 1 aromatic heterocycles. The van der Waals surface area contributed by atoms with Gasteiger partial charge >= 0.3 is 0 Å². The number of para-hydroxylation sites is 1. The number of H-pyrrole nitrogens is 1. The summed E-state index contributed by atoms with van der Waals surface area (Å²) in [6, 6.07) is 15.4. The van der Waals surface area contributed by atoms with Crippen molar-refractivity contribution in [2.24, 2.45) is 0 Å². The topological polar surface area (TPSA) is 93.3 Å². The van der Waals surface area contributed by atoms with E-state index in [0.29, 0.717) is 35.1 Å². The monoisotopic (exact) mass is 453 g/mol. The van der Waals surface area contributed by atoms with E-state index in [1.54, 1.807) is 21.1 Å². The molecule has 2 aromatic carbocycles. The predicted molar refractivity (Wildman–Crippen MR) is 126 cm³/mol. The lowest BCUT2D eigenvalue weighted by atomic mass is 10.1. The number of aromatic nitrogens is 2. The molecule has 3 rings (SSSR count). The van der Waals surface area contributed by atoms with Crippen LogP contribution in [0, 0.1) is 6.92 Å². The molecule has 0 radical (unpaired) electrons. The van der Waals surface area contributed by atoms with Crippen LogP contribution in [0.15, 0.2) is 58.5 Å². The second-order valence-corrected chi connectivity index (χ2v) is 8.13. The Labute approximate surface area is 191 Å². The van der Waals surface area contributed by atoms with Crippen molar-refractivity contribution in [1.82, 2.24) is 15.3 Å². The number of aromatic amines is 1. The summed E-state index contributed by atoms with van der Waals surface area (Å²) >= 11 is 1.43. The predicted octanol–water partition coefficient (Wildman–Crippen LogP) is 3.29. The standard InChI is InChI=1S/C24H27N3O4S/c1-16-20(14-22(28)25-12-11-18-8-4-5-10-21(18)31-3)23(29)27-24(26-16)32-15-17-7-6-9-19(13-17)30-2/h4-10,13H,11-12,14-15H2,1-3H3,(H,25,28)(H,26,27,29). The van der Waals surface area contributed by atoms with E-state index in [1.165, 1.54) is 11.8 Å². The van der Waals surface area contributed by atoms with Crippen molar-refractivity contribution in [3.8, 4) is 11.5 Å². The van der Waals surface area contributed by atoms with Crippen LogP contribution in [0.3, 0.4) is 0 Å². The fraction of sp³-hybridized carbons (Fsp3) is 0.292. The molecule has 8 heteroatoms. The van der Waals surface area contributed by atoms with Crippen LogP contribution in [0.2, 0.25) is 0 Å². The molecule has 0 atom stereocenters. The third-order valence-corrected chi connectivity index (χ3v) is 5.90. The molecule has 0 saturated heterocycles. The summed E-state index contributed by atoms with van der Waals surface area (Å²) in [5, 5.41) is 3.39. The van der Waals surface area contributed by atoms with Crippen molar-refractivity contribution < 1.29 is 14.3 Å². The number of ether oxygens (including phenoxy) is 2. The second kappa shape index (κ2) is 11.4. The normalized spacial score (nSPS) is 10.6. The molecule has 1 amide bonds. The highest BCUT2D eigenvalue weighted by molar-refractivity contribution is 7.98. The van der Waals surface area contributed by atoms with Gasteiger partial charge in [0.1, 0.15) is 11.5 Å². The van der Waals surface area contributed by atoms with Gasteiger partial charge < -0.3 is 19.8 Å². The van der Waals surface area contributed by atoms with E-state index in [-0.39, 0.29) is 17.9 Å². The van der Waals surface area contributed by atoms with Gasteiger partial charge in [0.2, 0.25) is 5.91 Å². The number of aryl methyl sites for hydroxylation is 1. The number of hydrogen-bond donors (Lipinski definition) is 2. The molecule has 7 nitrogen and oxygen atoms in total. The Bertz CT molecular complexity index is 1130. The smallest absolute Gasteiger partial charge is 0.255 e. The van der Waals surface area contributed by atoms with Gasteiger partial charge in [0.05, 0.1) is 20.6 Å². The number of rotatable bonds is 10. The molecule has 0 saturated carbocycles. The van der Waals surface area contributed by atoms with Gasteiger partial charge in [0, 0.05) is 23.6 Å². The SMILES string of the molecule is COc1cccc(CSc2nc(C)c(CC(=O)NCCc3ccccc3OC)c(=O)[nH]2)c1. The molecule has 2 N–H and O–H groups in total. The lowest BCUT2D eigenvalue weighted by Crippen LogP contribution is -2.30. The molecule has 0 aliphatic heterocycles. The highest BCUT2D eigenvalue weighted by atomic mass is 32.2. The van der Waals surface area contributed by atoms with Crippen molar-refractivity contribution in [2.75, 3.05) is 20.8 Å². The minimum atomic E-state index is -0.287. The van der Waals surface area contributed by atoms with E-state index in [1.807, 2.05) is 48.5 Å². The largest absolute Gasteiger partial charge is 0.497 e. The van der Waals surface area contributed by atoms with Crippen LogP contribution in [-0.2, 0) is 23.4 Å². The Morgan fingerprint density at radius 3 is 2.69 bits per heavy atom. The molecule has 0 aliphatic rings. The molecule has 0 aliphatic carbocycles. The zero-order valence-corrected chi connectivity index (χ0v) is 19.3. The molecule has 32 heavy (non-hydrogen) atoms. The number of carbonyl (C=O) groups excluding carboxylic acids is 1. The number of amides is 1. The summed E-state index contributed by atoms with van der Waals surface area (Å²) in [5.41, 5.74) is 2.73. The van der Waals surface area contributed by atoms with Crippen LogP contribution in [0.5, 0.6) is 11.5 Å². The molecule has 0 spiro atoms. The Morgan fingerprint density at radius 1 is 1.12 bits per heavy atom. The molecule has 0 bridgehead atoms. The van der Waals surface area contributed by atoms with E-state index < -0.39 is 0 Å². The van der Waals surface area contributed by atoms with Crippen molar-refractivity contribution in [3.63, 3.8) is 0 Å². The Hall–Kier alpha value is -3.26. The molecule has 168 valence electrons. The fourth-order valence-corrected chi connectivity index (χ4v) is 4.09. The number of nitrogens with one attached hydrogen (secondary N) is 2. The molecule has 1 heterocycles. The molecular weight excluding hydrogens is 426 g/mol. The van der Waals surface area contributed by atoms with Crippen LogP contribution >= 0.6 is 11.8 Å². The van der Waals surface area contributed by atoms with Crippen LogP contribution in [-0.4, -0.2) is 36.6 Å². The molecule has 0 fully saturated rings. The van der Waals surface area contributed by atoms with Crippen molar-refractivity contribution >= 4 is 17.7 Å². The lowest BCUT2D eigenvalue weighted by Gasteiger charge is -2.10. The van der Waals surface area contributed by atoms with E-state index in [0.717, 1.165) is 22.6 Å². The number of hydrogen-bond acceptors (Lipinski definition) is 6. The Kier molecular flexibility index (Phi) is 8.33.